The van der Waals surface area contributed by atoms with Crippen LogP contribution in [0.2, 0.25) is 0 Å². The largest absolute Gasteiger partial charge is 0.488 e. The zero-order chi connectivity index (χ0) is 19.1. The van der Waals surface area contributed by atoms with Crippen LogP contribution in [-0.4, -0.2) is 46.2 Å². The van der Waals surface area contributed by atoms with Crippen LogP contribution >= 0.6 is 11.8 Å². The number of benzene rings is 1. The fraction of sp³-hybridized carbons (Fsp3) is 0.412. The van der Waals surface area contributed by atoms with Gasteiger partial charge in [0.1, 0.15) is 18.5 Å². The molecule has 27 heavy (non-hydrogen) atoms. The van der Waals surface area contributed by atoms with Crippen LogP contribution in [0, 0.1) is 5.82 Å². The van der Waals surface area contributed by atoms with Crippen molar-refractivity contribution in [1.82, 2.24) is 9.55 Å². The van der Waals surface area contributed by atoms with E-state index in [0.717, 1.165) is 16.7 Å². The van der Waals surface area contributed by atoms with E-state index in [2.05, 4.69) is 10.3 Å². The molecule has 1 unspecified atom stereocenters. The van der Waals surface area contributed by atoms with Crippen molar-refractivity contribution in [3.63, 3.8) is 0 Å². The van der Waals surface area contributed by atoms with Crippen molar-refractivity contribution < 1.29 is 22.7 Å². The fourth-order valence-corrected chi connectivity index (χ4v) is 4.21. The fourth-order valence-electron chi connectivity index (χ4n) is 3.23. The molecule has 0 radical (unpaired) electrons. The van der Waals surface area contributed by atoms with Crippen LogP contribution in [0.5, 0.6) is 5.75 Å². The first-order chi connectivity index (χ1) is 13.0. The minimum atomic E-state index is -2.67. The molecule has 1 aromatic carbocycles. The average Bonchev–Trinajstić information content (AvgIpc) is 3.17. The molecule has 1 aromatic heterocycles. The van der Waals surface area contributed by atoms with Crippen LogP contribution in [0.1, 0.15) is 6.92 Å². The number of halogens is 3. The van der Waals surface area contributed by atoms with Crippen molar-refractivity contribution in [3.8, 4) is 17.1 Å². The number of aromatic nitrogens is 2. The van der Waals surface area contributed by atoms with Crippen LogP contribution in [-0.2, 0) is 6.54 Å². The van der Waals surface area contributed by atoms with E-state index in [4.69, 9.17) is 4.74 Å². The molecule has 1 fully saturated rings. The lowest BCUT2D eigenvalue weighted by atomic mass is 10.1. The van der Waals surface area contributed by atoms with Gasteiger partial charge in [0.05, 0.1) is 17.8 Å². The quantitative estimate of drug-likeness (QED) is 0.849. The van der Waals surface area contributed by atoms with E-state index >= 15 is 0 Å². The number of ether oxygens (including phenoxy) is 1. The number of hydrogen-bond acceptors (Lipinski definition) is 5. The Morgan fingerprint density at radius 3 is 3.00 bits per heavy atom. The first-order valence-electron chi connectivity index (χ1n) is 8.52. The van der Waals surface area contributed by atoms with Gasteiger partial charge in [0, 0.05) is 18.5 Å². The summed E-state index contributed by atoms with van der Waals surface area (Å²) in [6, 6.07) is 2.05. The van der Waals surface area contributed by atoms with E-state index < -0.39 is 23.5 Å². The molecule has 2 aliphatic rings. The van der Waals surface area contributed by atoms with Gasteiger partial charge in [0.2, 0.25) is 0 Å². The number of nitrogens with one attached hydrogen (secondary N) is 1. The first kappa shape index (κ1) is 18.0. The Bertz CT molecular complexity index is 889. The minimum Gasteiger partial charge on any atom is -0.488 e. The van der Waals surface area contributed by atoms with Gasteiger partial charge in [-0.2, -0.15) is 0 Å². The van der Waals surface area contributed by atoms with Gasteiger partial charge in [0.25, 0.3) is 11.7 Å². The summed E-state index contributed by atoms with van der Waals surface area (Å²) in [7, 11) is 0. The van der Waals surface area contributed by atoms with E-state index in [0.29, 0.717) is 30.2 Å². The van der Waals surface area contributed by atoms with Crippen LogP contribution in [0.15, 0.2) is 18.3 Å². The molecule has 1 N–H and O–H groups in total. The van der Waals surface area contributed by atoms with Crippen LogP contribution in [0.4, 0.5) is 29.5 Å². The lowest BCUT2D eigenvalue weighted by molar-refractivity contribution is 0.124. The highest BCUT2D eigenvalue weighted by atomic mass is 32.2. The summed E-state index contributed by atoms with van der Waals surface area (Å²) in [5, 5.41) is 2.46. The highest BCUT2D eigenvalue weighted by molar-refractivity contribution is 8.14. The summed E-state index contributed by atoms with van der Waals surface area (Å²) in [5.74, 6) is 0.0907. The molecule has 0 saturated carbocycles. The zero-order valence-corrected chi connectivity index (χ0v) is 15.2. The molecule has 4 rings (SSSR count). The molecule has 1 saturated heterocycles. The van der Waals surface area contributed by atoms with Gasteiger partial charge >= 0.3 is 0 Å². The molecule has 2 aliphatic heterocycles. The number of amides is 1. The molecule has 144 valence electrons. The predicted octanol–water partition coefficient (Wildman–Crippen LogP) is 3.82. The number of thioether (sulfide) groups is 1. The lowest BCUT2D eigenvalue weighted by Crippen LogP contribution is -2.38. The minimum absolute atomic E-state index is 0.0130. The number of rotatable bonds is 4. The van der Waals surface area contributed by atoms with Gasteiger partial charge < -0.3 is 14.6 Å². The number of carbonyl (C=O) groups is 1. The van der Waals surface area contributed by atoms with Crippen molar-refractivity contribution in [2.45, 2.75) is 25.9 Å². The molecule has 6 nitrogen and oxygen atoms in total. The third-order valence-corrected chi connectivity index (χ3v) is 5.44. The Hall–Kier alpha value is -2.36. The van der Waals surface area contributed by atoms with Crippen molar-refractivity contribution in [1.29, 1.82) is 0 Å². The van der Waals surface area contributed by atoms with Gasteiger partial charge in [-0.05, 0) is 19.1 Å². The summed E-state index contributed by atoms with van der Waals surface area (Å²) in [5.41, 5.74) is 0.742. The number of nitrogens with zero attached hydrogens (tertiary/aromatic N) is 3. The highest BCUT2D eigenvalue weighted by Gasteiger charge is 2.40. The van der Waals surface area contributed by atoms with Crippen molar-refractivity contribution in [3.05, 3.63) is 24.1 Å². The lowest BCUT2D eigenvalue weighted by Gasteiger charge is -2.20. The zero-order valence-electron chi connectivity index (χ0n) is 14.4. The molecule has 0 bridgehead atoms. The maximum atomic E-state index is 14.8. The molecule has 0 spiro atoms. The maximum Gasteiger partial charge on any atom is 0.287 e. The highest BCUT2D eigenvalue weighted by Crippen LogP contribution is 2.40. The second-order valence-corrected chi connectivity index (χ2v) is 7.12. The summed E-state index contributed by atoms with van der Waals surface area (Å²) in [6.45, 7) is 2.97. The molecule has 2 aromatic rings. The van der Waals surface area contributed by atoms with Crippen LogP contribution < -0.4 is 15.0 Å². The standard InChI is InChI=1S/C17H17F3N4O2S/c1-2-21-10-4-3-9-14(13(10)18)26-6-5-23-7-12(22-16(9)23)24-11(15(19)20)8-27-17(24)25/h3-4,7,11,15,21H,2,5-6,8H2,1H3. The molecular formula is C17H17F3N4O2S. The van der Waals surface area contributed by atoms with Gasteiger partial charge in [-0.1, -0.05) is 11.8 Å². The number of alkyl halides is 2. The SMILES string of the molecule is CCNc1ccc2c(c1F)OCCn1cc(N3C(=O)SCC3C(F)F)nc1-2. The van der Waals surface area contributed by atoms with Gasteiger partial charge in [0.15, 0.2) is 17.4 Å². The second kappa shape index (κ2) is 6.99. The maximum absolute atomic E-state index is 14.8. The normalized spacial score (nSPS) is 18.9. The number of carbonyl (C=O) groups excluding carboxylic acids is 1. The number of fused-ring (bicyclic) bond motifs is 3. The number of hydrogen-bond donors (Lipinski definition) is 1. The van der Waals surface area contributed by atoms with Crippen molar-refractivity contribution in [2.24, 2.45) is 0 Å². The summed E-state index contributed by atoms with van der Waals surface area (Å²) >= 11 is 0.847. The van der Waals surface area contributed by atoms with Crippen molar-refractivity contribution >= 4 is 28.5 Å². The topological polar surface area (TPSA) is 59.4 Å². The van der Waals surface area contributed by atoms with E-state index in [9.17, 15) is 18.0 Å². The van der Waals surface area contributed by atoms with E-state index in [-0.39, 0.29) is 23.9 Å². The Morgan fingerprint density at radius 2 is 2.26 bits per heavy atom. The third-order valence-electron chi connectivity index (χ3n) is 4.49. The van der Waals surface area contributed by atoms with Gasteiger partial charge in [-0.25, -0.2) is 18.2 Å². The molecule has 1 atom stereocenters. The molecule has 3 heterocycles. The number of anilines is 2. The van der Waals surface area contributed by atoms with Gasteiger partial charge in [-0.15, -0.1) is 0 Å². The van der Waals surface area contributed by atoms with Crippen molar-refractivity contribution in [2.75, 3.05) is 29.1 Å². The third kappa shape index (κ3) is 3.01. The summed E-state index contributed by atoms with van der Waals surface area (Å²) < 4.78 is 48.6. The van der Waals surface area contributed by atoms with Crippen LogP contribution in [0.3, 0.4) is 0 Å². The smallest absolute Gasteiger partial charge is 0.287 e. The Labute approximate surface area is 157 Å². The Balaban J connectivity index is 1.78. The van der Waals surface area contributed by atoms with E-state index in [1.54, 1.807) is 22.9 Å². The molecule has 0 aliphatic carbocycles. The summed E-state index contributed by atoms with van der Waals surface area (Å²) in [4.78, 5) is 17.5. The Morgan fingerprint density at radius 1 is 1.44 bits per heavy atom. The second-order valence-electron chi connectivity index (χ2n) is 6.15. The van der Waals surface area contributed by atoms with Gasteiger partial charge in [-0.3, -0.25) is 9.69 Å². The molecule has 10 heteroatoms. The van der Waals surface area contributed by atoms with E-state index in [1.807, 2.05) is 6.92 Å². The number of imidazole rings is 1. The first-order valence-corrected chi connectivity index (χ1v) is 9.50. The predicted molar refractivity (Wildman–Crippen MR) is 97.4 cm³/mol. The average molecular weight is 398 g/mol. The van der Waals surface area contributed by atoms with Crippen LogP contribution in [0.25, 0.3) is 11.4 Å². The monoisotopic (exact) mass is 398 g/mol. The molecular weight excluding hydrogens is 381 g/mol. The van der Waals surface area contributed by atoms with E-state index in [1.165, 1.54) is 0 Å². The Kier molecular flexibility index (Phi) is 4.67. The summed E-state index contributed by atoms with van der Waals surface area (Å²) in [6.07, 6.45) is -1.12. The molecule has 1 amide bonds.